The normalized spacial score (nSPS) is 11.0. The fraction of sp³-hybridized carbons (Fsp3) is 0.182. The van der Waals surface area contributed by atoms with Gasteiger partial charge in [0.05, 0.1) is 0 Å². The Labute approximate surface area is 177 Å². The molecule has 0 spiro atoms. The summed E-state index contributed by atoms with van der Waals surface area (Å²) in [6.45, 7) is 5.88. The van der Waals surface area contributed by atoms with Crippen LogP contribution < -0.4 is 11.0 Å². The predicted octanol–water partition coefficient (Wildman–Crippen LogP) is 3.61. The molecular formula is C22H21N5O2S. The molecule has 0 aliphatic carbocycles. The zero-order valence-corrected chi connectivity index (χ0v) is 17.7. The number of anilines is 1. The van der Waals surface area contributed by atoms with Crippen molar-refractivity contribution in [2.45, 2.75) is 37.2 Å². The summed E-state index contributed by atoms with van der Waals surface area (Å²) in [4.78, 5) is 30.6. The first-order valence-electron chi connectivity index (χ1n) is 9.46. The number of hydrogen-bond acceptors (Lipinski definition) is 5. The number of benzene rings is 2. The number of nitrogens with one attached hydrogen (secondary N) is 1. The van der Waals surface area contributed by atoms with E-state index in [2.05, 4.69) is 21.5 Å². The molecule has 2 aromatic carbocycles. The topological polar surface area (TPSA) is 81.3 Å². The van der Waals surface area contributed by atoms with Gasteiger partial charge in [0.25, 0.3) is 0 Å². The van der Waals surface area contributed by atoms with Gasteiger partial charge in [-0.2, -0.15) is 0 Å². The van der Waals surface area contributed by atoms with Crippen molar-refractivity contribution >= 4 is 29.0 Å². The second-order valence-electron chi connectivity index (χ2n) is 7.15. The Kier molecular flexibility index (Phi) is 5.41. The van der Waals surface area contributed by atoms with E-state index in [0.717, 1.165) is 20.7 Å². The SMILES string of the molecule is Cc1ccc(NC(=O)Cn2nc3c(Sc4ccc(C)cc4C)nccn3c2=O)cc1. The fourth-order valence-corrected chi connectivity index (χ4v) is 4.00. The van der Waals surface area contributed by atoms with Gasteiger partial charge in [-0.25, -0.2) is 18.9 Å². The molecule has 7 nitrogen and oxygen atoms in total. The van der Waals surface area contributed by atoms with Gasteiger partial charge >= 0.3 is 5.69 Å². The Morgan fingerprint density at radius 3 is 2.53 bits per heavy atom. The van der Waals surface area contributed by atoms with Gasteiger partial charge in [-0.05, 0) is 44.5 Å². The molecule has 1 N–H and O–H groups in total. The highest BCUT2D eigenvalue weighted by Crippen LogP contribution is 2.31. The summed E-state index contributed by atoms with van der Waals surface area (Å²) in [5.41, 5.74) is 4.14. The van der Waals surface area contributed by atoms with Crippen LogP contribution in [0.1, 0.15) is 16.7 Å². The van der Waals surface area contributed by atoms with Crippen LogP contribution in [0.25, 0.3) is 5.65 Å². The van der Waals surface area contributed by atoms with Crippen molar-refractivity contribution in [3.8, 4) is 0 Å². The molecule has 152 valence electrons. The van der Waals surface area contributed by atoms with Crippen LogP contribution in [0.4, 0.5) is 5.69 Å². The predicted molar refractivity (Wildman–Crippen MR) is 117 cm³/mol. The highest BCUT2D eigenvalue weighted by molar-refractivity contribution is 7.99. The molecule has 4 aromatic rings. The van der Waals surface area contributed by atoms with Gasteiger partial charge in [-0.1, -0.05) is 47.2 Å². The summed E-state index contributed by atoms with van der Waals surface area (Å²) >= 11 is 1.45. The van der Waals surface area contributed by atoms with Gasteiger partial charge in [-0.3, -0.25) is 4.79 Å². The molecule has 2 heterocycles. The van der Waals surface area contributed by atoms with E-state index in [4.69, 9.17) is 0 Å². The summed E-state index contributed by atoms with van der Waals surface area (Å²) in [6, 6.07) is 13.6. The summed E-state index contributed by atoms with van der Waals surface area (Å²) in [6.07, 6.45) is 3.13. The average Bonchev–Trinajstić information content (AvgIpc) is 3.02. The van der Waals surface area contributed by atoms with E-state index in [1.54, 1.807) is 12.4 Å². The van der Waals surface area contributed by atoms with E-state index in [1.165, 1.54) is 21.7 Å². The minimum absolute atomic E-state index is 0.179. The van der Waals surface area contributed by atoms with E-state index in [9.17, 15) is 9.59 Å². The lowest BCUT2D eigenvalue weighted by Crippen LogP contribution is -2.28. The maximum Gasteiger partial charge on any atom is 0.350 e. The van der Waals surface area contributed by atoms with Crippen molar-refractivity contribution in [2.24, 2.45) is 0 Å². The van der Waals surface area contributed by atoms with Crippen molar-refractivity contribution < 1.29 is 4.79 Å². The van der Waals surface area contributed by atoms with Crippen LogP contribution in [-0.2, 0) is 11.3 Å². The van der Waals surface area contributed by atoms with E-state index in [0.29, 0.717) is 16.4 Å². The Morgan fingerprint density at radius 2 is 1.80 bits per heavy atom. The highest BCUT2D eigenvalue weighted by atomic mass is 32.2. The van der Waals surface area contributed by atoms with Crippen LogP contribution in [0.15, 0.2) is 69.6 Å². The lowest BCUT2D eigenvalue weighted by molar-refractivity contribution is -0.117. The number of carbonyl (C=O) groups is 1. The Balaban J connectivity index is 1.60. The van der Waals surface area contributed by atoms with Crippen molar-refractivity contribution in [1.82, 2.24) is 19.2 Å². The Morgan fingerprint density at radius 1 is 1.07 bits per heavy atom. The third kappa shape index (κ3) is 4.13. The molecule has 0 saturated carbocycles. The van der Waals surface area contributed by atoms with E-state index < -0.39 is 0 Å². The number of fused-ring (bicyclic) bond motifs is 1. The monoisotopic (exact) mass is 419 g/mol. The number of hydrogen-bond donors (Lipinski definition) is 1. The van der Waals surface area contributed by atoms with Gasteiger partial charge in [0, 0.05) is 23.0 Å². The molecule has 2 aromatic heterocycles. The molecule has 0 atom stereocenters. The summed E-state index contributed by atoms with van der Waals surface area (Å²) < 4.78 is 2.57. The van der Waals surface area contributed by atoms with Gasteiger partial charge in [-0.15, -0.1) is 5.10 Å². The number of amides is 1. The van der Waals surface area contributed by atoms with Crippen LogP contribution >= 0.6 is 11.8 Å². The minimum Gasteiger partial charge on any atom is -0.324 e. The Hall–Kier alpha value is -3.39. The molecule has 8 heteroatoms. The summed E-state index contributed by atoms with van der Waals surface area (Å²) in [5.74, 6) is -0.319. The minimum atomic E-state index is -0.381. The standard InChI is InChI=1S/C22H21N5O2S/c1-14-4-7-17(8-5-14)24-19(28)13-27-22(29)26-11-10-23-21(20(26)25-27)30-18-9-6-15(2)12-16(18)3/h4-12H,13H2,1-3H3,(H,24,28). The van der Waals surface area contributed by atoms with Crippen LogP contribution in [0.2, 0.25) is 0 Å². The molecule has 0 unspecified atom stereocenters. The number of aryl methyl sites for hydroxylation is 3. The number of carbonyl (C=O) groups excluding carboxylic acids is 1. The average molecular weight is 420 g/mol. The lowest BCUT2D eigenvalue weighted by atomic mass is 10.2. The molecule has 1 amide bonds. The van der Waals surface area contributed by atoms with E-state index >= 15 is 0 Å². The number of aromatic nitrogens is 4. The van der Waals surface area contributed by atoms with Crippen LogP contribution in [0.3, 0.4) is 0 Å². The molecule has 0 saturated heterocycles. The third-order valence-corrected chi connectivity index (χ3v) is 5.79. The van der Waals surface area contributed by atoms with Gasteiger partial charge in [0.15, 0.2) is 5.65 Å². The first kappa shape index (κ1) is 19.9. The zero-order chi connectivity index (χ0) is 21.3. The van der Waals surface area contributed by atoms with Gasteiger partial charge < -0.3 is 5.32 Å². The molecule has 0 bridgehead atoms. The third-order valence-electron chi connectivity index (χ3n) is 4.64. The van der Waals surface area contributed by atoms with Crippen LogP contribution in [0.5, 0.6) is 0 Å². The molecular weight excluding hydrogens is 398 g/mol. The largest absolute Gasteiger partial charge is 0.350 e. The second kappa shape index (κ2) is 8.16. The highest BCUT2D eigenvalue weighted by Gasteiger charge is 2.15. The number of rotatable bonds is 5. The van der Waals surface area contributed by atoms with Gasteiger partial charge in [0.1, 0.15) is 11.6 Å². The summed E-state index contributed by atoms with van der Waals surface area (Å²) in [7, 11) is 0. The van der Waals surface area contributed by atoms with E-state index in [-0.39, 0.29) is 18.1 Å². The molecule has 30 heavy (non-hydrogen) atoms. The van der Waals surface area contributed by atoms with Crippen molar-refractivity contribution in [1.29, 1.82) is 0 Å². The first-order valence-corrected chi connectivity index (χ1v) is 10.3. The quantitative estimate of drug-likeness (QED) is 0.534. The van der Waals surface area contributed by atoms with Crippen molar-refractivity contribution in [3.63, 3.8) is 0 Å². The van der Waals surface area contributed by atoms with Crippen molar-refractivity contribution in [2.75, 3.05) is 5.32 Å². The maximum absolute atomic E-state index is 12.7. The van der Waals surface area contributed by atoms with Crippen LogP contribution in [0, 0.1) is 20.8 Å². The second-order valence-corrected chi connectivity index (χ2v) is 8.18. The molecule has 0 aliphatic rings. The molecule has 0 aliphatic heterocycles. The lowest BCUT2D eigenvalue weighted by Gasteiger charge is -2.06. The Bertz CT molecular complexity index is 1290. The fourth-order valence-electron chi connectivity index (χ4n) is 3.09. The molecule has 4 rings (SSSR count). The summed E-state index contributed by atoms with van der Waals surface area (Å²) in [5, 5.41) is 7.77. The van der Waals surface area contributed by atoms with Crippen LogP contribution in [-0.4, -0.2) is 25.1 Å². The van der Waals surface area contributed by atoms with Gasteiger partial charge in [0.2, 0.25) is 5.91 Å². The zero-order valence-electron chi connectivity index (χ0n) is 16.9. The maximum atomic E-state index is 12.7. The molecule has 0 radical (unpaired) electrons. The smallest absolute Gasteiger partial charge is 0.324 e. The molecule has 0 fully saturated rings. The van der Waals surface area contributed by atoms with E-state index in [1.807, 2.05) is 57.2 Å². The van der Waals surface area contributed by atoms with Crippen molar-refractivity contribution in [3.05, 3.63) is 82.0 Å². The number of nitrogens with zero attached hydrogens (tertiary/aromatic N) is 4. The first-order chi connectivity index (χ1) is 14.4.